The first-order valence-electron chi connectivity index (χ1n) is 8.77. The van der Waals surface area contributed by atoms with Gasteiger partial charge in [0.1, 0.15) is 16.8 Å². The molecule has 1 fully saturated rings. The highest BCUT2D eigenvalue weighted by atomic mass is 17.0. The predicted octanol–water partition coefficient (Wildman–Crippen LogP) is 4.27. The molecule has 0 bridgehead atoms. The molecule has 0 aliphatic carbocycles. The third-order valence-electron chi connectivity index (χ3n) is 4.14. The molecular weight excluding hydrogens is 308 g/mol. The molecule has 0 aromatic heterocycles. The largest absolute Gasteiger partial charge is 0.444 e. The van der Waals surface area contributed by atoms with Gasteiger partial charge in [-0.05, 0) is 54.5 Å². The van der Waals surface area contributed by atoms with Gasteiger partial charge in [0, 0.05) is 19.5 Å². The minimum atomic E-state index is -0.476. The topological polar surface area (TPSA) is 51.2 Å². The Hall–Kier alpha value is -1.27. The van der Waals surface area contributed by atoms with E-state index >= 15 is 0 Å². The lowest BCUT2D eigenvalue weighted by atomic mass is 9.90. The number of nitrogens with zero attached hydrogens (tertiary/aromatic N) is 2. The lowest BCUT2D eigenvalue weighted by Gasteiger charge is -2.31. The highest BCUT2D eigenvalue weighted by Crippen LogP contribution is 2.40. The number of carbonyl (C=O) groups excluding carboxylic acids is 1. The molecule has 2 heterocycles. The monoisotopic (exact) mass is 342 g/mol. The Morgan fingerprint density at radius 2 is 1.62 bits per heavy atom. The van der Waals surface area contributed by atoms with Crippen molar-refractivity contribution in [1.82, 2.24) is 10.1 Å². The third kappa shape index (κ3) is 4.86. The fourth-order valence-corrected chi connectivity index (χ4v) is 2.09. The van der Waals surface area contributed by atoms with Gasteiger partial charge in [0.25, 0.3) is 0 Å². The SMILES string of the molecule is CC.CC(C)(C)OC(=O)N1CC=C(N2OC(C)(C)C(C)(C)O2)CC1. The van der Waals surface area contributed by atoms with E-state index in [-0.39, 0.29) is 6.09 Å². The summed E-state index contributed by atoms with van der Waals surface area (Å²) in [5.74, 6) is 0. The zero-order valence-corrected chi connectivity index (χ0v) is 16.7. The van der Waals surface area contributed by atoms with Crippen molar-refractivity contribution in [2.45, 2.75) is 85.5 Å². The van der Waals surface area contributed by atoms with Gasteiger partial charge >= 0.3 is 6.09 Å². The molecule has 6 nitrogen and oxygen atoms in total. The summed E-state index contributed by atoms with van der Waals surface area (Å²) in [5, 5.41) is 1.51. The molecule has 0 atom stereocenters. The molecule has 0 saturated carbocycles. The molecule has 140 valence electrons. The minimum Gasteiger partial charge on any atom is -0.444 e. The van der Waals surface area contributed by atoms with Crippen molar-refractivity contribution >= 4 is 6.09 Å². The number of hydrogen-bond donors (Lipinski definition) is 0. The Balaban J connectivity index is 0.00000139. The number of ether oxygens (including phenoxy) is 1. The van der Waals surface area contributed by atoms with Crippen molar-refractivity contribution in [3.63, 3.8) is 0 Å². The van der Waals surface area contributed by atoms with Crippen molar-refractivity contribution in [2.24, 2.45) is 0 Å². The molecule has 0 aromatic rings. The second kappa shape index (κ2) is 7.31. The van der Waals surface area contributed by atoms with Crippen molar-refractivity contribution in [3.05, 3.63) is 11.8 Å². The number of hydrogen-bond acceptors (Lipinski definition) is 5. The van der Waals surface area contributed by atoms with Crippen LogP contribution in [0.2, 0.25) is 0 Å². The molecule has 0 radical (unpaired) electrons. The Morgan fingerprint density at radius 3 is 2.00 bits per heavy atom. The van der Waals surface area contributed by atoms with Crippen molar-refractivity contribution < 1.29 is 19.2 Å². The third-order valence-corrected chi connectivity index (χ3v) is 4.14. The Labute approximate surface area is 146 Å². The Bertz CT molecular complexity index is 462. The smallest absolute Gasteiger partial charge is 0.410 e. The van der Waals surface area contributed by atoms with E-state index in [4.69, 9.17) is 14.4 Å². The van der Waals surface area contributed by atoms with Gasteiger partial charge in [-0.3, -0.25) is 0 Å². The first kappa shape index (κ1) is 20.8. The fourth-order valence-electron chi connectivity index (χ4n) is 2.09. The zero-order chi connectivity index (χ0) is 18.8. The molecule has 0 aromatic carbocycles. The number of rotatable bonds is 1. The second-order valence-electron chi connectivity index (χ2n) is 7.83. The summed E-state index contributed by atoms with van der Waals surface area (Å²) in [6.45, 7) is 18.7. The van der Waals surface area contributed by atoms with Crippen LogP contribution in [0.1, 0.15) is 68.7 Å². The molecule has 2 aliphatic rings. The molecule has 24 heavy (non-hydrogen) atoms. The summed E-state index contributed by atoms with van der Waals surface area (Å²) in [4.78, 5) is 25.5. The van der Waals surface area contributed by atoms with Gasteiger partial charge in [-0.1, -0.05) is 13.8 Å². The maximum absolute atomic E-state index is 12.0. The zero-order valence-electron chi connectivity index (χ0n) is 16.7. The van der Waals surface area contributed by atoms with E-state index < -0.39 is 16.8 Å². The molecule has 1 saturated heterocycles. The van der Waals surface area contributed by atoms with E-state index in [2.05, 4.69) is 0 Å². The lowest BCUT2D eigenvalue weighted by molar-refractivity contribution is -0.304. The first-order chi connectivity index (χ1) is 10.9. The molecule has 0 unspecified atom stereocenters. The van der Waals surface area contributed by atoms with Crippen LogP contribution in [-0.4, -0.2) is 46.1 Å². The maximum atomic E-state index is 12.0. The predicted molar refractivity (Wildman–Crippen MR) is 94.0 cm³/mol. The standard InChI is InChI=1S/C16H28N2O4.C2H6/c1-14(2,3)20-13(19)17-10-8-12(9-11-17)18-21-15(4,5)16(6,7)22-18;1-2/h8H,9-11H2,1-7H3;1-2H3. The number of carbonyl (C=O) groups is 1. The summed E-state index contributed by atoms with van der Waals surface area (Å²) in [7, 11) is 0. The summed E-state index contributed by atoms with van der Waals surface area (Å²) < 4.78 is 5.39. The molecule has 0 spiro atoms. The van der Waals surface area contributed by atoms with Gasteiger partial charge in [-0.2, -0.15) is 0 Å². The van der Waals surface area contributed by atoms with Crippen molar-refractivity contribution in [2.75, 3.05) is 13.1 Å². The molecule has 6 heteroatoms. The van der Waals surface area contributed by atoms with Crippen LogP contribution in [0, 0.1) is 0 Å². The van der Waals surface area contributed by atoms with Crippen LogP contribution in [0.3, 0.4) is 0 Å². The average molecular weight is 342 g/mol. The summed E-state index contributed by atoms with van der Waals surface area (Å²) in [6.07, 6.45) is 2.34. The summed E-state index contributed by atoms with van der Waals surface area (Å²) in [6, 6.07) is 0. The summed E-state index contributed by atoms with van der Waals surface area (Å²) >= 11 is 0. The Kier molecular flexibility index (Phi) is 6.33. The van der Waals surface area contributed by atoms with Gasteiger partial charge in [0.05, 0.1) is 5.70 Å². The van der Waals surface area contributed by atoms with Gasteiger partial charge in [-0.15, -0.1) is 5.23 Å². The van der Waals surface area contributed by atoms with Crippen LogP contribution in [0.5, 0.6) is 0 Å². The molecule has 2 rings (SSSR count). The van der Waals surface area contributed by atoms with Crippen LogP contribution in [0.15, 0.2) is 11.8 Å². The van der Waals surface area contributed by atoms with Gasteiger partial charge in [0.2, 0.25) is 0 Å². The molecule has 0 N–H and O–H groups in total. The minimum absolute atomic E-state index is 0.285. The van der Waals surface area contributed by atoms with Crippen LogP contribution in [0.4, 0.5) is 4.79 Å². The van der Waals surface area contributed by atoms with Crippen molar-refractivity contribution in [1.29, 1.82) is 0 Å². The number of hydroxylamine groups is 2. The van der Waals surface area contributed by atoms with Gasteiger partial charge < -0.3 is 9.64 Å². The first-order valence-corrected chi connectivity index (χ1v) is 8.77. The van der Waals surface area contributed by atoms with Gasteiger partial charge in [0.15, 0.2) is 0 Å². The van der Waals surface area contributed by atoms with E-state index in [0.29, 0.717) is 19.5 Å². The molecule has 2 aliphatic heterocycles. The van der Waals surface area contributed by atoms with E-state index in [1.807, 2.05) is 68.4 Å². The van der Waals surface area contributed by atoms with Gasteiger partial charge in [-0.25, -0.2) is 14.5 Å². The summed E-state index contributed by atoms with van der Waals surface area (Å²) in [5.41, 5.74) is -0.346. The van der Waals surface area contributed by atoms with E-state index in [1.54, 1.807) is 4.90 Å². The van der Waals surface area contributed by atoms with Crippen LogP contribution in [0.25, 0.3) is 0 Å². The van der Waals surface area contributed by atoms with Crippen LogP contribution < -0.4 is 0 Å². The molecule has 1 amide bonds. The van der Waals surface area contributed by atoms with E-state index in [0.717, 1.165) is 5.70 Å². The fraction of sp³-hybridized carbons (Fsp3) is 0.833. The average Bonchev–Trinajstić information content (AvgIpc) is 2.68. The van der Waals surface area contributed by atoms with Crippen LogP contribution in [-0.2, 0) is 14.4 Å². The van der Waals surface area contributed by atoms with Crippen molar-refractivity contribution in [3.8, 4) is 0 Å². The quantitative estimate of drug-likeness (QED) is 0.712. The highest BCUT2D eigenvalue weighted by Gasteiger charge is 2.50. The van der Waals surface area contributed by atoms with Crippen LogP contribution >= 0.6 is 0 Å². The van der Waals surface area contributed by atoms with E-state index in [1.165, 1.54) is 5.23 Å². The van der Waals surface area contributed by atoms with E-state index in [9.17, 15) is 4.79 Å². The highest BCUT2D eigenvalue weighted by molar-refractivity contribution is 5.68. The molecular formula is C18H34N2O4. The maximum Gasteiger partial charge on any atom is 0.410 e. The normalized spacial score (nSPS) is 22.5. The second-order valence-corrected chi connectivity index (χ2v) is 7.83. The lowest BCUT2D eigenvalue weighted by Crippen LogP contribution is -2.41. The Morgan fingerprint density at radius 1 is 1.12 bits per heavy atom. The number of amides is 1.